The predicted molar refractivity (Wildman–Crippen MR) is 86.1 cm³/mol. The van der Waals surface area contributed by atoms with Gasteiger partial charge in [0.2, 0.25) is 0 Å². The normalized spacial score (nSPS) is 9.71. The minimum atomic E-state index is -0.350. The van der Waals surface area contributed by atoms with Crippen molar-refractivity contribution in [1.29, 1.82) is 0 Å². The van der Waals surface area contributed by atoms with Crippen molar-refractivity contribution in [1.82, 2.24) is 10.5 Å². The van der Waals surface area contributed by atoms with Gasteiger partial charge in [0.25, 0.3) is 5.91 Å². The minimum Gasteiger partial charge on any atom is -0.394 e. The fourth-order valence-corrected chi connectivity index (χ4v) is 1.40. The summed E-state index contributed by atoms with van der Waals surface area (Å²) in [7, 11) is 0. The number of rotatable bonds is 4. The Labute approximate surface area is 128 Å². The molecule has 0 radical (unpaired) electrons. The number of carbonyl (C=O) groups is 1. The number of amides is 1. The minimum absolute atomic E-state index is 0.0663. The molecule has 21 heavy (non-hydrogen) atoms. The first-order valence-corrected chi connectivity index (χ1v) is 7.45. The van der Waals surface area contributed by atoms with Crippen LogP contribution in [0.15, 0.2) is 18.3 Å². The van der Waals surface area contributed by atoms with E-state index in [-0.39, 0.29) is 24.5 Å². The standard InChI is InChI=1S/C12H18N2O3.2C2H6/c1-12(2,3)10-9(5-4-6-13-10)11(16)14-17-8-7-15;2*1-2/h4-6,15H,7-8H2,1-3H3,(H,14,16);2*1-2H3. The molecule has 2 N–H and O–H groups in total. The van der Waals surface area contributed by atoms with E-state index in [4.69, 9.17) is 9.94 Å². The molecule has 5 nitrogen and oxygen atoms in total. The summed E-state index contributed by atoms with van der Waals surface area (Å²) < 4.78 is 0. The van der Waals surface area contributed by atoms with Crippen molar-refractivity contribution in [2.45, 2.75) is 53.9 Å². The Hall–Kier alpha value is -1.46. The van der Waals surface area contributed by atoms with Gasteiger partial charge in [-0.1, -0.05) is 48.5 Å². The van der Waals surface area contributed by atoms with Gasteiger partial charge in [0, 0.05) is 11.6 Å². The monoisotopic (exact) mass is 298 g/mol. The highest BCUT2D eigenvalue weighted by molar-refractivity contribution is 5.94. The van der Waals surface area contributed by atoms with Crippen LogP contribution in [0, 0.1) is 0 Å². The highest BCUT2D eigenvalue weighted by atomic mass is 16.7. The summed E-state index contributed by atoms with van der Waals surface area (Å²) in [5.74, 6) is -0.350. The van der Waals surface area contributed by atoms with E-state index in [0.717, 1.165) is 0 Å². The van der Waals surface area contributed by atoms with Gasteiger partial charge in [0.05, 0.1) is 24.5 Å². The Morgan fingerprint density at radius 2 is 1.86 bits per heavy atom. The Morgan fingerprint density at radius 3 is 2.33 bits per heavy atom. The second-order valence-electron chi connectivity index (χ2n) is 4.65. The number of aromatic nitrogens is 1. The van der Waals surface area contributed by atoms with Crippen molar-refractivity contribution in [3.05, 3.63) is 29.6 Å². The number of nitrogens with one attached hydrogen (secondary N) is 1. The lowest BCUT2D eigenvalue weighted by Crippen LogP contribution is -2.29. The zero-order valence-corrected chi connectivity index (χ0v) is 14.4. The zero-order valence-electron chi connectivity index (χ0n) is 14.4. The second-order valence-corrected chi connectivity index (χ2v) is 4.65. The summed E-state index contributed by atoms with van der Waals surface area (Å²) in [6.45, 7) is 13.9. The van der Waals surface area contributed by atoms with Crippen LogP contribution in [0.25, 0.3) is 0 Å². The molecule has 122 valence electrons. The molecule has 5 heteroatoms. The van der Waals surface area contributed by atoms with Gasteiger partial charge in [-0.2, -0.15) is 0 Å². The van der Waals surface area contributed by atoms with Gasteiger partial charge in [-0.15, -0.1) is 0 Å². The molecule has 0 aromatic carbocycles. The summed E-state index contributed by atoms with van der Waals surface area (Å²) in [5.41, 5.74) is 3.25. The number of aliphatic hydroxyl groups is 1. The number of nitrogens with zero attached hydrogens (tertiary/aromatic N) is 1. The maximum absolute atomic E-state index is 11.8. The Balaban J connectivity index is 0. The molecule has 1 aromatic rings. The van der Waals surface area contributed by atoms with Crippen molar-refractivity contribution in [3.8, 4) is 0 Å². The number of hydrogen-bond donors (Lipinski definition) is 2. The molecular weight excluding hydrogens is 268 g/mol. The fraction of sp³-hybridized carbons (Fsp3) is 0.625. The smallest absolute Gasteiger partial charge is 0.276 e. The molecule has 1 amide bonds. The molecule has 0 bridgehead atoms. The molecule has 0 saturated heterocycles. The van der Waals surface area contributed by atoms with Gasteiger partial charge in [0.1, 0.15) is 0 Å². The lowest BCUT2D eigenvalue weighted by molar-refractivity contribution is 0.0166. The van der Waals surface area contributed by atoms with Crippen molar-refractivity contribution < 1.29 is 14.7 Å². The summed E-state index contributed by atoms with van der Waals surface area (Å²) in [6, 6.07) is 3.40. The second kappa shape index (κ2) is 12.3. The van der Waals surface area contributed by atoms with Crippen LogP contribution in [0.5, 0.6) is 0 Å². The molecule has 0 aliphatic rings. The van der Waals surface area contributed by atoms with Crippen molar-refractivity contribution in [3.63, 3.8) is 0 Å². The quantitative estimate of drug-likeness (QED) is 0.662. The van der Waals surface area contributed by atoms with Crippen molar-refractivity contribution >= 4 is 5.91 Å². The topological polar surface area (TPSA) is 71.5 Å². The van der Waals surface area contributed by atoms with E-state index in [1.165, 1.54) is 0 Å². The number of hydroxylamine groups is 1. The van der Waals surface area contributed by atoms with Crippen LogP contribution >= 0.6 is 0 Å². The number of hydrogen-bond acceptors (Lipinski definition) is 4. The third-order valence-corrected chi connectivity index (χ3v) is 2.12. The molecular formula is C16H30N2O3. The molecule has 0 aliphatic carbocycles. The van der Waals surface area contributed by atoms with Crippen LogP contribution in [0.2, 0.25) is 0 Å². The molecule has 0 aliphatic heterocycles. The summed E-state index contributed by atoms with van der Waals surface area (Å²) in [4.78, 5) is 20.9. The molecule has 0 fully saturated rings. The SMILES string of the molecule is CC.CC.CC(C)(C)c1ncccc1C(=O)NOCCO. The maximum Gasteiger partial charge on any atom is 0.276 e. The molecule has 1 rings (SSSR count). The van der Waals surface area contributed by atoms with Crippen LogP contribution in [-0.2, 0) is 10.3 Å². The number of pyridine rings is 1. The Bertz CT molecular complexity index is 387. The highest BCUT2D eigenvalue weighted by Gasteiger charge is 2.22. The van der Waals surface area contributed by atoms with Crippen LogP contribution in [0.3, 0.4) is 0 Å². The van der Waals surface area contributed by atoms with Crippen molar-refractivity contribution in [2.24, 2.45) is 0 Å². The van der Waals surface area contributed by atoms with Gasteiger partial charge in [0.15, 0.2) is 0 Å². The summed E-state index contributed by atoms with van der Waals surface area (Å²) in [6.07, 6.45) is 1.66. The first-order chi connectivity index (χ1) is 9.96. The summed E-state index contributed by atoms with van der Waals surface area (Å²) in [5, 5.41) is 8.54. The van der Waals surface area contributed by atoms with E-state index in [1.807, 2.05) is 48.5 Å². The lowest BCUT2D eigenvalue weighted by Gasteiger charge is -2.20. The van der Waals surface area contributed by atoms with Crippen LogP contribution in [0.4, 0.5) is 0 Å². The number of carbonyl (C=O) groups excluding carboxylic acids is 1. The summed E-state index contributed by atoms with van der Waals surface area (Å²) >= 11 is 0. The third-order valence-electron chi connectivity index (χ3n) is 2.12. The van der Waals surface area contributed by atoms with Crippen LogP contribution in [-0.4, -0.2) is 29.2 Å². The third kappa shape index (κ3) is 8.42. The maximum atomic E-state index is 11.8. The van der Waals surface area contributed by atoms with E-state index in [1.54, 1.807) is 18.3 Å². The molecule has 0 atom stereocenters. The van der Waals surface area contributed by atoms with Gasteiger partial charge >= 0.3 is 0 Å². The lowest BCUT2D eigenvalue weighted by atomic mass is 9.88. The fourth-order valence-electron chi connectivity index (χ4n) is 1.40. The molecule has 1 aromatic heterocycles. The van der Waals surface area contributed by atoms with E-state index >= 15 is 0 Å². The molecule has 1 heterocycles. The van der Waals surface area contributed by atoms with Gasteiger partial charge in [-0.05, 0) is 12.1 Å². The van der Waals surface area contributed by atoms with Gasteiger partial charge in [-0.3, -0.25) is 14.6 Å². The number of aliphatic hydroxyl groups excluding tert-OH is 1. The first-order valence-electron chi connectivity index (χ1n) is 7.45. The van der Waals surface area contributed by atoms with Crippen LogP contribution in [0.1, 0.15) is 64.5 Å². The van der Waals surface area contributed by atoms with E-state index in [0.29, 0.717) is 11.3 Å². The van der Waals surface area contributed by atoms with E-state index in [9.17, 15) is 4.79 Å². The zero-order chi connectivity index (χ0) is 16.9. The van der Waals surface area contributed by atoms with E-state index < -0.39 is 0 Å². The Morgan fingerprint density at radius 1 is 1.29 bits per heavy atom. The van der Waals surface area contributed by atoms with E-state index in [2.05, 4.69) is 10.5 Å². The average molecular weight is 298 g/mol. The van der Waals surface area contributed by atoms with Crippen molar-refractivity contribution in [2.75, 3.05) is 13.2 Å². The average Bonchev–Trinajstić information content (AvgIpc) is 2.50. The molecule has 0 saturated carbocycles. The molecule has 0 unspecified atom stereocenters. The predicted octanol–water partition coefficient (Wildman–Crippen LogP) is 3.09. The first kappa shape index (κ1) is 21.8. The largest absolute Gasteiger partial charge is 0.394 e. The van der Waals surface area contributed by atoms with Gasteiger partial charge < -0.3 is 5.11 Å². The molecule has 0 spiro atoms. The van der Waals surface area contributed by atoms with Gasteiger partial charge in [-0.25, -0.2) is 5.48 Å². The highest BCUT2D eigenvalue weighted by Crippen LogP contribution is 2.23. The van der Waals surface area contributed by atoms with Crippen LogP contribution < -0.4 is 5.48 Å². The Kier molecular flexibility index (Phi) is 12.8.